The van der Waals surface area contributed by atoms with Crippen molar-refractivity contribution in [2.75, 3.05) is 0 Å². The molecule has 0 saturated heterocycles. The van der Waals surface area contributed by atoms with Crippen LogP contribution in [-0.4, -0.2) is 31.8 Å². The van der Waals surface area contributed by atoms with Crippen LogP contribution in [0.25, 0.3) is 0 Å². The maximum absolute atomic E-state index is 5.67. The molecule has 0 aromatic heterocycles. The molecule has 0 spiro atoms. The molecule has 0 aliphatic heterocycles. The van der Waals surface area contributed by atoms with Crippen LogP contribution in [0.1, 0.15) is 119 Å². The van der Waals surface area contributed by atoms with E-state index in [1.807, 2.05) is 45.2 Å². The Labute approximate surface area is 258 Å². The quantitative estimate of drug-likeness (QED) is 0.221. The number of aryl methyl sites for hydroxylation is 3. The van der Waals surface area contributed by atoms with E-state index in [0.29, 0.717) is 0 Å². The zero-order valence-electron chi connectivity index (χ0n) is 24.8. The molecule has 2 aromatic carbocycles. The standard InChI is InChI=1S/C18H33P.C9H13Si.C7H6.2ClH.Ru/c1-4-10-16(11-5-1)19(17-12-6-2-7-13-17)18-14-8-3-9-15-18;1-6-4-7(2)9(10)8(3)5-6;1-7-5-3-2-4-6-7;;;/h16-18H,1-15H2;4-5H,10H2,1-3H3;1-6H;2*1H;/q;;;;;+2/p-1. The molecule has 5 rings (SSSR count). The predicted octanol–water partition coefficient (Wildman–Crippen LogP) is 9.83. The second kappa shape index (κ2) is 18.6. The van der Waals surface area contributed by atoms with Crippen molar-refractivity contribution in [2.24, 2.45) is 0 Å². The molecule has 39 heavy (non-hydrogen) atoms. The molecule has 0 heterocycles. The third-order valence-electron chi connectivity index (χ3n) is 9.06. The Balaban J connectivity index is 0.000000178. The summed E-state index contributed by atoms with van der Waals surface area (Å²) < 4.78 is 1.92. The number of benzene rings is 2. The number of hydrogen-bond acceptors (Lipinski definition) is 0. The zero-order chi connectivity index (χ0) is 28.0. The van der Waals surface area contributed by atoms with E-state index in [9.17, 15) is 0 Å². The van der Waals surface area contributed by atoms with Gasteiger partial charge in [-0.3, -0.25) is 0 Å². The summed E-state index contributed by atoms with van der Waals surface area (Å²) >= 11 is -1.61. The topological polar surface area (TPSA) is 0 Å². The van der Waals surface area contributed by atoms with E-state index in [-0.39, 0.29) is 7.92 Å². The Morgan fingerprint density at radius 2 is 1.05 bits per heavy atom. The molecule has 0 amide bonds. The van der Waals surface area contributed by atoms with Crippen molar-refractivity contribution in [3.8, 4) is 0 Å². The van der Waals surface area contributed by atoms with Gasteiger partial charge in [-0.05, 0) is 97.8 Å². The van der Waals surface area contributed by atoms with Crippen LogP contribution in [0.5, 0.6) is 0 Å². The van der Waals surface area contributed by atoms with Crippen molar-refractivity contribution in [3.05, 3.63) is 64.7 Å². The van der Waals surface area contributed by atoms with Gasteiger partial charge in [0, 0.05) is 18.2 Å². The predicted molar refractivity (Wildman–Crippen MR) is 181 cm³/mol. The van der Waals surface area contributed by atoms with Gasteiger partial charge in [0.25, 0.3) is 0 Å². The molecule has 5 heteroatoms. The summed E-state index contributed by atoms with van der Waals surface area (Å²) in [5.41, 5.74) is 8.99. The van der Waals surface area contributed by atoms with Crippen LogP contribution >= 0.6 is 27.3 Å². The summed E-state index contributed by atoms with van der Waals surface area (Å²) in [6.07, 6.45) is 23.8. The van der Waals surface area contributed by atoms with Crippen LogP contribution in [0, 0.1) is 20.8 Å². The minimum atomic E-state index is -1.61. The first kappa shape index (κ1) is 33.7. The fourth-order valence-electron chi connectivity index (χ4n) is 7.13. The fourth-order valence-corrected chi connectivity index (χ4v) is 14.4. The molecule has 0 atom stereocenters. The Morgan fingerprint density at radius 1 is 0.667 bits per heavy atom. The van der Waals surface area contributed by atoms with Gasteiger partial charge in [-0.15, -0.1) is 0 Å². The molecule has 219 valence electrons. The van der Waals surface area contributed by atoms with Gasteiger partial charge in [0.2, 0.25) is 0 Å². The molecule has 3 aliphatic carbocycles. The second-order valence-electron chi connectivity index (χ2n) is 12.1. The SMILES string of the molecule is C1CCC([PH+](C2CCCCC2)C2CCCCC2)CC1.Cc1cc(C)c([SiH2])c(C)c1.[Cl][Ru]([Cl])=[CH]c1ccccc1. The maximum atomic E-state index is 5.67. The number of hydrogen-bond donors (Lipinski definition) is 0. The molecule has 3 saturated carbocycles. The summed E-state index contributed by atoms with van der Waals surface area (Å²) in [6.45, 7) is 6.48. The van der Waals surface area contributed by atoms with E-state index < -0.39 is 13.5 Å². The Bertz CT molecular complexity index is 924. The van der Waals surface area contributed by atoms with Crippen LogP contribution in [0.2, 0.25) is 0 Å². The zero-order valence-corrected chi connectivity index (χ0v) is 30.4. The molecule has 0 unspecified atom stereocenters. The Morgan fingerprint density at radius 3 is 1.41 bits per heavy atom. The van der Waals surface area contributed by atoms with Gasteiger partial charge in [-0.2, -0.15) is 0 Å². The molecule has 3 fully saturated rings. The fraction of sp³-hybridized carbons (Fsp3) is 0.618. The van der Waals surface area contributed by atoms with Gasteiger partial charge in [0.1, 0.15) is 0 Å². The molecule has 2 aromatic rings. The van der Waals surface area contributed by atoms with Crippen molar-refractivity contribution >= 4 is 47.3 Å². The van der Waals surface area contributed by atoms with Crippen molar-refractivity contribution in [1.82, 2.24) is 0 Å². The third-order valence-corrected chi connectivity index (χ3v) is 16.6. The van der Waals surface area contributed by atoms with Crippen LogP contribution < -0.4 is 5.19 Å². The first-order valence-corrected chi connectivity index (χ1v) is 23.4. The van der Waals surface area contributed by atoms with Crippen LogP contribution in [-0.2, 0) is 13.5 Å². The van der Waals surface area contributed by atoms with E-state index in [2.05, 4.69) is 32.9 Å². The second-order valence-corrected chi connectivity index (χ2v) is 22.0. The van der Waals surface area contributed by atoms with Gasteiger partial charge in [0.05, 0.1) is 17.0 Å². The third kappa shape index (κ3) is 12.1. The minimum absolute atomic E-state index is 0.0465. The van der Waals surface area contributed by atoms with Crippen LogP contribution in [0.4, 0.5) is 0 Å². The molecule has 0 nitrogen and oxygen atoms in total. The molecule has 3 aliphatic rings. The molecular weight excluding hydrogens is 639 g/mol. The Kier molecular flexibility index (Phi) is 16.1. The van der Waals surface area contributed by atoms with Crippen molar-refractivity contribution in [3.63, 3.8) is 0 Å². The summed E-state index contributed by atoms with van der Waals surface area (Å²) in [5, 5.41) is 1.45. The van der Waals surface area contributed by atoms with Crippen LogP contribution in [0.15, 0.2) is 42.5 Å². The average molecular weight is 693 g/mol. The number of halogens is 2. The number of rotatable bonds is 4. The van der Waals surface area contributed by atoms with Gasteiger partial charge in [-0.1, -0.05) is 53.3 Å². The van der Waals surface area contributed by atoms with Crippen molar-refractivity contribution in [2.45, 2.75) is 134 Å². The normalized spacial score (nSPS) is 19.4. The van der Waals surface area contributed by atoms with E-state index in [0.717, 1.165) is 5.56 Å². The van der Waals surface area contributed by atoms with Gasteiger partial charge < -0.3 is 0 Å². The summed E-state index contributed by atoms with van der Waals surface area (Å²) in [7, 11) is 13.3. The van der Waals surface area contributed by atoms with Crippen molar-refractivity contribution < 1.29 is 13.5 Å². The van der Waals surface area contributed by atoms with E-state index >= 15 is 0 Å². The van der Waals surface area contributed by atoms with Crippen LogP contribution in [0.3, 0.4) is 0 Å². The first-order chi connectivity index (χ1) is 18.8. The average Bonchev–Trinajstić information content (AvgIpc) is 2.95. The van der Waals surface area contributed by atoms with Gasteiger partial charge in [-0.25, -0.2) is 0 Å². The van der Waals surface area contributed by atoms with Gasteiger partial charge in [0.15, 0.2) is 0 Å². The molecule has 0 bridgehead atoms. The van der Waals surface area contributed by atoms with E-state index in [1.165, 1.54) is 38.9 Å². The van der Waals surface area contributed by atoms with Gasteiger partial charge >= 0.3 is 73.4 Å². The summed E-state index contributed by atoms with van der Waals surface area (Å²) in [4.78, 5) is 0. The molecule has 1 radical (unpaired) electrons. The van der Waals surface area contributed by atoms with Crippen molar-refractivity contribution in [1.29, 1.82) is 0 Å². The summed E-state index contributed by atoms with van der Waals surface area (Å²) in [6, 6.07) is 14.4. The van der Waals surface area contributed by atoms with E-state index in [1.54, 1.807) is 96.3 Å². The van der Waals surface area contributed by atoms with E-state index in [4.69, 9.17) is 19.4 Å². The Hall–Kier alpha value is 0.160. The monoisotopic (exact) mass is 692 g/mol. The first-order valence-electron chi connectivity index (χ1n) is 15.5. The molecule has 0 N–H and O–H groups in total. The molecular formula is C34H53Cl2PRuSi+. The summed E-state index contributed by atoms with van der Waals surface area (Å²) in [5.74, 6) is 0.